The van der Waals surface area contributed by atoms with Crippen LogP contribution in [0.3, 0.4) is 0 Å². The third kappa shape index (κ3) is 3.36. The highest BCUT2D eigenvalue weighted by Gasteiger charge is 2.39. The first kappa shape index (κ1) is 19.7. The summed E-state index contributed by atoms with van der Waals surface area (Å²) in [5.74, 6) is 0.678. The number of ether oxygens (including phenoxy) is 1. The van der Waals surface area contributed by atoms with Crippen LogP contribution < -0.4 is 15.0 Å². The van der Waals surface area contributed by atoms with E-state index in [1.807, 2.05) is 24.3 Å². The van der Waals surface area contributed by atoms with Gasteiger partial charge in [-0.05, 0) is 61.9 Å². The Morgan fingerprint density at radius 2 is 1.66 bits per heavy atom. The van der Waals surface area contributed by atoms with Gasteiger partial charge in [0, 0.05) is 37.6 Å². The standard InChI is InChI=1S/C21H25N3O4S/c1-21(2)18-14-17(8-9-19(18)22-20(21)25)29(26,27)24-12-10-23(11-13-24)15-4-6-16(28-3)7-5-15/h4-9,14H,10-13H2,1-3H3,(H,22,25). The molecule has 0 aliphatic carbocycles. The van der Waals surface area contributed by atoms with Crippen LogP contribution in [0.4, 0.5) is 11.4 Å². The van der Waals surface area contributed by atoms with E-state index >= 15 is 0 Å². The Bertz CT molecular complexity index is 1040. The predicted octanol–water partition coefficient (Wildman–Crippen LogP) is 2.44. The van der Waals surface area contributed by atoms with Crippen LogP contribution in [0.5, 0.6) is 5.75 Å². The molecule has 0 unspecified atom stereocenters. The van der Waals surface area contributed by atoms with Gasteiger partial charge in [-0.15, -0.1) is 0 Å². The summed E-state index contributed by atoms with van der Waals surface area (Å²) in [6, 6.07) is 12.7. The molecule has 8 heteroatoms. The van der Waals surface area contributed by atoms with E-state index in [1.165, 1.54) is 4.31 Å². The second-order valence-electron chi connectivity index (χ2n) is 7.88. The number of hydrogen-bond donors (Lipinski definition) is 1. The molecule has 2 heterocycles. The number of benzene rings is 2. The number of nitrogens with zero attached hydrogens (tertiary/aromatic N) is 2. The van der Waals surface area contributed by atoms with Crippen molar-refractivity contribution in [2.24, 2.45) is 0 Å². The van der Waals surface area contributed by atoms with Gasteiger partial charge in [0.05, 0.1) is 17.4 Å². The third-order valence-electron chi connectivity index (χ3n) is 5.79. The van der Waals surface area contributed by atoms with E-state index in [2.05, 4.69) is 10.2 Å². The Balaban J connectivity index is 1.51. The van der Waals surface area contributed by atoms with Crippen LogP contribution in [0.2, 0.25) is 0 Å². The fraction of sp³-hybridized carbons (Fsp3) is 0.381. The zero-order valence-corrected chi connectivity index (χ0v) is 17.6. The van der Waals surface area contributed by atoms with Crippen LogP contribution in [-0.2, 0) is 20.2 Å². The average Bonchev–Trinajstić information content (AvgIpc) is 2.96. The Morgan fingerprint density at radius 3 is 2.28 bits per heavy atom. The molecule has 7 nitrogen and oxygen atoms in total. The van der Waals surface area contributed by atoms with E-state index in [0.29, 0.717) is 31.9 Å². The maximum absolute atomic E-state index is 13.2. The number of rotatable bonds is 4. The van der Waals surface area contributed by atoms with Crippen molar-refractivity contribution in [3.8, 4) is 5.75 Å². The number of amides is 1. The van der Waals surface area contributed by atoms with E-state index in [4.69, 9.17) is 4.74 Å². The van der Waals surface area contributed by atoms with Crippen LogP contribution in [0, 0.1) is 0 Å². The van der Waals surface area contributed by atoms with Crippen molar-refractivity contribution in [2.75, 3.05) is 43.5 Å². The number of fused-ring (bicyclic) bond motifs is 1. The molecule has 154 valence electrons. The fourth-order valence-electron chi connectivity index (χ4n) is 3.84. The van der Waals surface area contributed by atoms with E-state index in [9.17, 15) is 13.2 Å². The normalized spacial score (nSPS) is 19.0. The highest BCUT2D eigenvalue weighted by atomic mass is 32.2. The molecule has 0 spiro atoms. The largest absolute Gasteiger partial charge is 0.497 e. The monoisotopic (exact) mass is 415 g/mol. The second-order valence-corrected chi connectivity index (χ2v) is 9.81. The van der Waals surface area contributed by atoms with E-state index in [-0.39, 0.29) is 10.8 Å². The molecule has 0 atom stereocenters. The minimum absolute atomic E-state index is 0.116. The molecule has 0 bridgehead atoms. The van der Waals surface area contributed by atoms with E-state index in [1.54, 1.807) is 39.2 Å². The quantitative estimate of drug-likeness (QED) is 0.830. The van der Waals surface area contributed by atoms with Gasteiger partial charge in [0.2, 0.25) is 15.9 Å². The third-order valence-corrected chi connectivity index (χ3v) is 7.69. The molecular weight excluding hydrogens is 390 g/mol. The summed E-state index contributed by atoms with van der Waals surface area (Å²) in [5.41, 5.74) is 1.71. The highest BCUT2D eigenvalue weighted by molar-refractivity contribution is 7.89. The van der Waals surface area contributed by atoms with E-state index in [0.717, 1.165) is 17.0 Å². The summed E-state index contributed by atoms with van der Waals surface area (Å²) in [7, 11) is -1.99. The first-order valence-electron chi connectivity index (χ1n) is 9.58. The van der Waals surface area contributed by atoms with Crippen molar-refractivity contribution < 1.29 is 17.9 Å². The van der Waals surface area contributed by atoms with Gasteiger partial charge in [-0.25, -0.2) is 8.42 Å². The van der Waals surface area contributed by atoms with Crippen LogP contribution in [0.25, 0.3) is 0 Å². The molecule has 2 aliphatic heterocycles. The van der Waals surface area contributed by atoms with Crippen molar-refractivity contribution >= 4 is 27.3 Å². The van der Waals surface area contributed by atoms with Crippen molar-refractivity contribution in [1.82, 2.24) is 4.31 Å². The maximum Gasteiger partial charge on any atom is 0.243 e. The second kappa shape index (κ2) is 7.03. The lowest BCUT2D eigenvalue weighted by Crippen LogP contribution is -2.48. The Kier molecular flexibility index (Phi) is 4.78. The number of hydrogen-bond acceptors (Lipinski definition) is 5. The van der Waals surface area contributed by atoms with Gasteiger partial charge in [-0.1, -0.05) is 0 Å². The Labute approximate surface area is 171 Å². The molecule has 2 aliphatic rings. The van der Waals surface area contributed by atoms with Crippen molar-refractivity contribution in [1.29, 1.82) is 0 Å². The molecule has 0 aromatic heterocycles. The first-order valence-corrected chi connectivity index (χ1v) is 11.0. The van der Waals surface area contributed by atoms with Crippen LogP contribution >= 0.6 is 0 Å². The highest BCUT2D eigenvalue weighted by Crippen LogP contribution is 2.39. The number of carbonyl (C=O) groups is 1. The van der Waals surface area contributed by atoms with Crippen LogP contribution in [-0.4, -0.2) is 51.9 Å². The number of nitrogens with one attached hydrogen (secondary N) is 1. The minimum atomic E-state index is -3.62. The average molecular weight is 416 g/mol. The van der Waals surface area contributed by atoms with Gasteiger partial charge in [0.1, 0.15) is 5.75 Å². The lowest BCUT2D eigenvalue weighted by Gasteiger charge is -2.35. The molecule has 1 fully saturated rings. The van der Waals surface area contributed by atoms with Gasteiger partial charge in [0.15, 0.2) is 0 Å². The lowest BCUT2D eigenvalue weighted by molar-refractivity contribution is -0.119. The smallest absolute Gasteiger partial charge is 0.243 e. The van der Waals surface area contributed by atoms with Gasteiger partial charge >= 0.3 is 0 Å². The molecule has 0 saturated carbocycles. The molecule has 0 radical (unpaired) electrons. The molecule has 1 amide bonds. The summed E-state index contributed by atoms with van der Waals surface area (Å²) >= 11 is 0. The molecule has 1 N–H and O–H groups in total. The molecule has 2 aromatic rings. The predicted molar refractivity (Wildman–Crippen MR) is 112 cm³/mol. The summed E-state index contributed by atoms with van der Waals surface area (Å²) < 4.78 is 33.1. The number of sulfonamides is 1. The Hall–Kier alpha value is -2.58. The summed E-state index contributed by atoms with van der Waals surface area (Å²) in [6.07, 6.45) is 0. The first-order chi connectivity index (χ1) is 13.7. The summed E-state index contributed by atoms with van der Waals surface area (Å²) in [6.45, 7) is 5.65. The number of anilines is 2. The molecule has 2 aromatic carbocycles. The van der Waals surface area contributed by atoms with Gasteiger partial charge in [-0.3, -0.25) is 4.79 Å². The topological polar surface area (TPSA) is 79.0 Å². The van der Waals surface area contributed by atoms with Gasteiger partial charge < -0.3 is 15.0 Å². The van der Waals surface area contributed by atoms with Crippen LogP contribution in [0.15, 0.2) is 47.4 Å². The van der Waals surface area contributed by atoms with Crippen molar-refractivity contribution in [2.45, 2.75) is 24.2 Å². The van der Waals surface area contributed by atoms with Gasteiger partial charge in [0.25, 0.3) is 0 Å². The summed E-state index contributed by atoms with van der Waals surface area (Å²) in [5, 5.41) is 2.81. The van der Waals surface area contributed by atoms with E-state index < -0.39 is 15.4 Å². The fourth-order valence-corrected chi connectivity index (χ4v) is 5.29. The molecule has 29 heavy (non-hydrogen) atoms. The number of methoxy groups -OCH3 is 1. The van der Waals surface area contributed by atoms with Crippen molar-refractivity contribution in [3.05, 3.63) is 48.0 Å². The maximum atomic E-state index is 13.2. The van der Waals surface area contributed by atoms with Crippen molar-refractivity contribution in [3.63, 3.8) is 0 Å². The summed E-state index contributed by atoms with van der Waals surface area (Å²) in [4.78, 5) is 14.5. The Morgan fingerprint density at radius 1 is 1.00 bits per heavy atom. The molecule has 4 rings (SSSR count). The zero-order valence-electron chi connectivity index (χ0n) is 16.8. The van der Waals surface area contributed by atoms with Crippen LogP contribution in [0.1, 0.15) is 19.4 Å². The van der Waals surface area contributed by atoms with Gasteiger partial charge in [-0.2, -0.15) is 4.31 Å². The lowest BCUT2D eigenvalue weighted by atomic mass is 9.86. The number of carbonyl (C=O) groups excluding carboxylic acids is 1. The molecule has 1 saturated heterocycles. The number of piperazine rings is 1. The minimum Gasteiger partial charge on any atom is -0.497 e. The molecular formula is C21H25N3O4S. The SMILES string of the molecule is COc1ccc(N2CCN(S(=O)(=O)c3ccc4c(c3)C(C)(C)C(=O)N4)CC2)cc1. The zero-order chi connectivity index (χ0) is 20.8.